The number of hydrogen-bond donors (Lipinski definition) is 1. The normalized spacial score (nSPS) is 11.7. The lowest BCUT2D eigenvalue weighted by Gasteiger charge is -2.07. The molecule has 0 saturated heterocycles. The van der Waals surface area contributed by atoms with E-state index in [1.807, 2.05) is 22.9 Å². The second-order valence-corrected chi connectivity index (χ2v) is 5.93. The Morgan fingerprint density at radius 1 is 1.31 bits per heavy atom. The first-order valence-electron chi connectivity index (χ1n) is 8.27. The molecule has 0 saturated carbocycles. The number of rotatable bonds is 6. The molecule has 1 heterocycles. The van der Waals surface area contributed by atoms with Crippen molar-refractivity contribution in [3.8, 4) is 0 Å². The molecular formula is C20H20FN3O2. The molecule has 0 aliphatic heterocycles. The lowest BCUT2D eigenvalue weighted by atomic mass is 10.1. The Labute approximate surface area is 151 Å². The van der Waals surface area contributed by atoms with Crippen molar-refractivity contribution in [2.75, 3.05) is 19.0 Å². The first-order chi connectivity index (χ1) is 12.6. The Morgan fingerprint density at radius 3 is 2.88 bits per heavy atom. The summed E-state index contributed by atoms with van der Waals surface area (Å²) in [4.78, 5) is 12.3. The molecule has 3 aromatic rings. The Hall–Kier alpha value is -2.99. The number of carbonyl (C=O) groups is 1. The number of nitrogens with zero attached hydrogens (tertiary/aromatic N) is 2. The zero-order chi connectivity index (χ0) is 18.5. The van der Waals surface area contributed by atoms with E-state index in [9.17, 15) is 9.18 Å². The van der Waals surface area contributed by atoms with Gasteiger partial charge >= 0.3 is 0 Å². The highest BCUT2D eigenvalue weighted by Gasteiger charge is 2.08. The molecule has 6 heteroatoms. The van der Waals surface area contributed by atoms with E-state index in [1.54, 1.807) is 38.4 Å². The number of amides is 1. The molecule has 5 nitrogen and oxygen atoms in total. The molecule has 0 atom stereocenters. The van der Waals surface area contributed by atoms with Gasteiger partial charge in [0, 0.05) is 29.8 Å². The maximum atomic E-state index is 13.8. The molecule has 0 radical (unpaired) electrons. The van der Waals surface area contributed by atoms with Crippen LogP contribution in [0.1, 0.15) is 12.5 Å². The SMILES string of the molecule is COCCn1ncc2ccc(NC(=O)/C=C(\C)c3ccccc3F)cc21. The second-order valence-electron chi connectivity index (χ2n) is 5.93. The first-order valence-corrected chi connectivity index (χ1v) is 8.27. The summed E-state index contributed by atoms with van der Waals surface area (Å²) in [5.74, 6) is -0.662. The Kier molecular flexibility index (Phi) is 5.43. The van der Waals surface area contributed by atoms with Crippen molar-refractivity contribution in [3.05, 3.63) is 66.1 Å². The van der Waals surface area contributed by atoms with Gasteiger partial charge in [-0.3, -0.25) is 9.48 Å². The van der Waals surface area contributed by atoms with E-state index in [2.05, 4.69) is 10.4 Å². The average molecular weight is 353 g/mol. The second kappa shape index (κ2) is 7.93. The molecule has 0 spiro atoms. The van der Waals surface area contributed by atoms with Crippen LogP contribution in [0.15, 0.2) is 54.7 Å². The smallest absolute Gasteiger partial charge is 0.248 e. The number of hydrogen-bond acceptors (Lipinski definition) is 3. The zero-order valence-electron chi connectivity index (χ0n) is 14.7. The van der Waals surface area contributed by atoms with E-state index in [1.165, 1.54) is 12.1 Å². The van der Waals surface area contributed by atoms with E-state index in [0.717, 1.165) is 10.9 Å². The van der Waals surface area contributed by atoms with Gasteiger partial charge in [-0.05, 0) is 36.8 Å². The molecular weight excluding hydrogens is 333 g/mol. The summed E-state index contributed by atoms with van der Waals surface area (Å²) in [6, 6.07) is 12.0. The van der Waals surface area contributed by atoms with Crippen molar-refractivity contribution in [3.63, 3.8) is 0 Å². The molecule has 26 heavy (non-hydrogen) atoms. The summed E-state index contributed by atoms with van der Waals surface area (Å²) < 4.78 is 20.7. The van der Waals surface area contributed by atoms with Crippen molar-refractivity contribution in [1.82, 2.24) is 9.78 Å². The number of carbonyl (C=O) groups excluding carboxylic acids is 1. The van der Waals surface area contributed by atoms with Crippen molar-refractivity contribution < 1.29 is 13.9 Å². The fraction of sp³-hybridized carbons (Fsp3) is 0.200. The topological polar surface area (TPSA) is 56.1 Å². The van der Waals surface area contributed by atoms with Crippen LogP contribution in [0.4, 0.5) is 10.1 Å². The number of fused-ring (bicyclic) bond motifs is 1. The standard InChI is InChI=1S/C20H20FN3O2/c1-14(17-5-3-4-6-18(17)21)11-20(25)23-16-8-7-15-13-22-24(9-10-26-2)19(15)12-16/h3-8,11-13H,9-10H2,1-2H3,(H,23,25)/b14-11+. The van der Waals surface area contributed by atoms with Crippen molar-refractivity contribution >= 4 is 28.1 Å². The number of allylic oxidation sites excluding steroid dienone is 1. The minimum atomic E-state index is -0.350. The van der Waals surface area contributed by atoms with Crippen LogP contribution in [0.25, 0.3) is 16.5 Å². The molecule has 3 rings (SSSR count). The zero-order valence-corrected chi connectivity index (χ0v) is 14.7. The summed E-state index contributed by atoms with van der Waals surface area (Å²) in [5, 5.41) is 8.12. The number of ether oxygens (including phenoxy) is 1. The van der Waals surface area contributed by atoms with Gasteiger partial charge in [-0.15, -0.1) is 0 Å². The highest BCUT2D eigenvalue weighted by molar-refractivity contribution is 6.04. The molecule has 0 unspecified atom stereocenters. The fourth-order valence-electron chi connectivity index (χ4n) is 2.74. The van der Waals surface area contributed by atoms with E-state index in [4.69, 9.17) is 4.74 Å². The molecule has 134 valence electrons. The van der Waals surface area contributed by atoms with Crippen LogP contribution in [0.2, 0.25) is 0 Å². The highest BCUT2D eigenvalue weighted by atomic mass is 19.1. The van der Waals surface area contributed by atoms with Gasteiger partial charge in [-0.2, -0.15) is 5.10 Å². The van der Waals surface area contributed by atoms with Crippen LogP contribution in [0, 0.1) is 5.82 Å². The van der Waals surface area contributed by atoms with E-state index in [0.29, 0.717) is 30.0 Å². The summed E-state index contributed by atoms with van der Waals surface area (Å²) in [6.07, 6.45) is 3.17. The summed E-state index contributed by atoms with van der Waals surface area (Å²) in [5.41, 5.74) is 2.54. The Bertz CT molecular complexity index is 963. The van der Waals surface area contributed by atoms with Crippen molar-refractivity contribution in [1.29, 1.82) is 0 Å². The van der Waals surface area contributed by atoms with Crippen molar-refractivity contribution in [2.45, 2.75) is 13.5 Å². The van der Waals surface area contributed by atoms with E-state index in [-0.39, 0.29) is 11.7 Å². The van der Waals surface area contributed by atoms with Crippen molar-refractivity contribution in [2.24, 2.45) is 0 Å². The average Bonchev–Trinajstić information content (AvgIpc) is 3.02. The van der Waals surface area contributed by atoms with Gasteiger partial charge in [0.25, 0.3) is 0 Å². The number of halogens is 1. The van der Waals surface area contributed by atoms with Gasteiger partial charge in [0.15, 0.2) is 0 Å². The first kappa shape index (κ1) is 17.8. The number of aromatic nitrogens is 2. The third-order valence-electron chi connectivity index (χ3n) is 4.07. The van der Waals surface area contributed by atoms with Gasteiger partial charge in [0.05, 0.1) is 24.9 Å². The van der Waals surface area contributed by atoms with Crippen LogP contribution in [-0.4, -0.2) is 29.4 Å². The van der Waals surface area contributed by atoms with E-state index >= 15 is 0 Å². The van der Waals surface area contributed by atoms with E-state index < -0.39 is 0 Å². The largest absolute Gasteiger partial charge is 0.383 e. The number of nitrogens with one attached hydrogen (secondary N) is 1. The lowest BCUT2D eigenvalue weighted by molar-refractivity contribution is -0.111. The summed E-state index contributed by atoms with van der Waals surface area (Å²) >= 11 is 0. The lowest BCUT2D eigenvalue weighted by Crippen LogP contribution is -2.09. The molecule has 1 N–H and O–H groups in total. The third-order valence-corrected chi connectivity index (χ3v) is 4.07. The van der Waals surface area contributed by atoms with Crippen LogP contribution in [0.5, 0.6) is 0 Å². The molecule has 0 bridgehead atoms. The number of anilines is 1. The number of methoxy groups -OCH3 is 1. The van der Waals surface area contributed by atoms with Gasteiger partial charge in [-0.25, -0.2) is 4.39 Å². The van der Waals surface area contributed by atoms with Crippen LogP contribution >= 0.6 is 0 Å². The van der Waals surface area contributed by atoms with Gasteiger partial charge in [0.2, 0.25) is 5.91 Å². The minimum absolute atomic E-state index is 0.312. The quantitative estimate of drug-likeness (QED) is 0.685. The van der Waals surface area contributed by atoms with Crippen LogP contribution in [0.3, 0.4) is 0 Å². The van der Waals surface area contributed by atoms with Gasteiger partial charge < -0.3 is 10.1 Å². The van der Waals surface area contributed by atoms with Crippen LogP contribution < -0.4 is 5.32 Å². The summed E-state index contributed by atoms with van der Waals surface area (Å²) in [6.45, 7) is 2.89. The Morgan fingerprint density at radius 2 is 2.12 bits per heavy atom. The molecule has 2 aromatic carbocycles. The van der Waals surface area contributed by atoms with Gasteiger partial charge in [0.1, 0.15) is 5.82 Å². The maximum absolute atomic E-state index is 13.8. The summed E-state index contributed by atoms with van der Waals surface area (Å²) in [7, 11) is 1.64. The monoisotopic (exact) mass is 353 g/mol. The molecule has 1 aromatic heterocycles. The van der Waals surface area contributed by atoms with Gasteiger partial charge in [-0.1, -0.05) is 18.2 Å². The number of benzene rings is 2. The molecule has 1 amide bonds. The predicted molar refractivity (Wildman–Crippen MR) is 100 cm³/mol. The molecule has 0 aliphatic rings. The molecule has 0 fully saturated rings. The predicted octanol–water partition coefficient (Wildman–Crippen LogP) is 3.86. The fourth-order valence-corrected chi connectivity index (χ4v) is 2.74. The third kappa shape index (κ3) is 3.97. The highest BCUT2D eigenvalue weighted by Crippen LogP contribution is 2.20. The Balaban J connectivity index is 1.78. The minimum Gasteiger partial charge on any atom is -0.383 e. The maximum Gasteiger partial charge on any atom is 0.248 e. The molecule has 0 aliphatic carbocycles. The van der Waals surface area contributed by atoms with Crippen LogP contribution in [-0.2, 0) is 16.1 Å².